The van der Waals surface area contributed by atoms with E-state index in [4.69, 9.17) is 35.1 Å². The SMILES string of the molecule is COC1(COP(=S)(NC(C)C(=O)OC(C)C)Oc2ccccc2)OC(n2ccc(=O)[nH]c2=O)C(O)C1F. The monoisotopic (exact) mass is 561 g/mol. The smallest absolute Gasteiger partial charge is 0.330 e. The van der Waals surface area contributed by atoms with Crippen LogP contribution in [0.5, 0.6) is 5.75 Å². The summed E-state index contributed by atoms with van der Waals surface area (Å²) in [6, 6.07) is 8.44. The number of esters is 1. The summed E-state index contributed by atoms with van der Waals surface area (Å²) >= 11 is 5.61. The van der Waals surface area contributed by atoms with E-state index in [1.54, 1.807) is 44.2 Å². The first-order valence-corrected chi connectivity index (χ1v) is 13.9. The van der Waals surface area contributed by atoms with Crippen LogP contribution in [0.2, 0.25) is 0 Å². The molecule has 204 valence electrons. The van der Waals surface area contributed by atoms with Crippen LogP contribution in [-0.4, -0.2) is 64.6 Å². The number of halogens is 1. The second-order valence-corrected chi connectivity index (χ2v) is 11.6. The number of ether oxygens (including phenoxy) is 3. The van der Waals surface area contributed by atoms with Crippen molar-refractivity contribution in [2.75, 3.05) is 13.7 Å². The van der Waals surface area contributed by atoms with Crippen LogP contribution in [0.4, 0.5) is 4.39 Å². The molecule has 2 heterocycles. The second kappa shape index (κ2) is 11.9. The Morgan fingerprint density at radius 3 is 2.57 bits per heavy atom. The fraction of sp³-hybridized carbons (Fsp3) is 0.500. The summed E-state index contributed by atoms with van der Waals surface area (Å²) in [5.41, 5.74) is -1.60. The van der Waals surface area contributed by atoms with E-state index in [1.165, 1.54) is 6.92 Å². The van der Waals surface area contributed by atoms with E-state index < -0.39 is 60.8 Å². The highest BCUT2D eigenvalue weighted by molar-refractivity contribution is 8.09. The van der Waals surface area contributed by atoms with Gasteiger partial charge in [-0.2, -0.15) is 0 Å². The number of nitrogens with zero attached hydrogens (tertiary/aromatic N) is 1. The van der Waals surface area contributed by atoms with Gasteiger partial charge in [-0.3, -0.25) is 19.1 Å². The quantitative estimate of drug-likeness (QED) is 0.270. The number of aliphatic hydroxyl groups excluding tert-OH is 1. The molecule has 3 rings (SSSR count). The molecule has 1 aromatic heterocycles. The average Bonchev–Trinajstić information content (AvgIpc) is 3.08. The number of aromatic nitrogens is 2. The van der Waals surface area contributed by atoms with Gasteiger partial charge >= 0.3 is 18.3 Å². The van der Waals surface area contributed by atoms with E-state index in [0.717, 1.165) is 23.9 Å². The molecular weight excluding hydrogens is 532 g/mol. The van der Waals surface area contributed by atoms with Gasteiger partial charge in [-0.05, 0) is 44.7 Å². The zero-order valence-electron chi connectivity index (χ0n) is 20.5. The lowest BCUT2D eigenvalue weighted by atomic mass is 10.1. The van der Waals surface area contributed by atoms with Gasteiger partial charge in [-0.1, -0.05) is 18.2 Å². The number of rotatable bonds is 11. The summed E-state index contributed by atoms with van der Waals surface area (Å²) in [5.74, 6) is -2.51. The maximum absolute atomic E-state index is 15.4. The van der Waals surface area contributed by atoms with E-state index in [-0.39, 0.29) is 6.10 Å². The number of methoxy groups -OCH3 is 1. The fourth-order valence-electron chi connectivity index (χ4n) is 3.44. The number of alkyl halides is 1. The molecule has 0 aliphatic carbocycles. The van der Waals surface area contributed by atoms with Crippen molar-refractivity contribution in [1.82, 2.24) is 14.6 Å². The van der Waals surface area contributed by atoms with E-state index in [1.807, 2.05) is 4.98 Å². The Bertz CT molecular complexity index is 1240. The van der Waals surface area contributed by atoms with Crippen molar-refractivity contribution in [1.29, 1.82) is 0 Å². The lowest BCUT2D eigenvalue weighted by Gasteiger charge is -2.33. The Hall–Kier alpha value is -2.45. The van der Waals surface area contributed by atoms with Crippen molar-refractivity contribution in [3.05, 3.63) is 63.4 Å². The van der Waals surface area contributed by atoms with Gasteiger partial charge in [0, 0.05) is 19.4 Å². The molecule has 0 bridgehead atoms. The molecule has 6 unspecified atom stereocenters. The van der Waals surface area contributed by atoms with Gasteiger partial charge in [-0.15, -0.1) is 0 Å². The molecule has 1 aliphatic rings. The molecule has 0 saturated carbocycles. The van der Waals surface area contributed by atoms with Crippen molar-refractivity contribution in [2.24, 2.45) is 0 Å². The molecule has 1 aromatic carbocycles. The normalized spacial score (nSPS) is 26.0. The first kappa shape index (κ1) is 29.1. The van der Waals surface area contributed by atoms with Crippen LogP contribution < -0.4 is 20.9 Å². The lowest BCUT2D eigenvalue weighted by molar-refractivity contribution is -0.256. The van der Waals surface area contributed by atoms with Crippen molar-refractivity contribution < 1.29 is 37.5 Å². The summed E-state index contributed by atoms with van der Waals surface area (Å²) in [7, 11) is 1.12. The Labute approximate surface area is 216 Å². The predicted octanol–water partition coefficient (Wildman–Crippen LogP) is 1.36. The molecule has 0 radical (unpaired) electrons. The summed E-state index contributed by atoms with van der Waals surface area (Å²) in [5, 5.41) is 13.3. The van der Waals surface area contributed by atoms with Crippen LogP contribution in [0.15, 0.2) is 52.2 Å². The predicted molar refractivity (Wildman–Crippen MR) is 133 cm³/mol. The number of hydrogen-bond acceptors (Lipinski definition) is 10. The molecule has 1 saturated heterocycles. The van der Waals surface area contributed by atoms with Gasteiger partial charge < -0.3 is 28.4 Å². The minimum Gasteiger partial charge on any atom is -0.462 e. The van der Waals surface area contributed by atoms with E-state index in [0.29, 0.717) is 5.75 Å². The van der Waals surface area contributed by atoms with Crippen LogP contribution in [0.25, 0.3) is 0 Å². The molecule has 15 heteroatoms. The molecular formula is C22H29FN3O9PS. The summed E-state index contributed by atoms with van der Waals surface area (Å²) in [6.07, 6.45) is -4.95. The number of carbonyl (C=O) groups excluding carboxylic acids is 1. The number of carbonyl (C=O) groups is 1. The van der Waals surface area contributed by atoms with E-state index in [2.05, 4.69) is 5.09 Å². The zero-order valence-corrected chi connectivity index (χ0v) is 22.2. The third kappa shape index (κ3) is 6.90. The second-order valence-electron chi connectivity index (χ2n) is 8.45. The highest BCUT2D eigenvalue weighted by Gasteiger charge is 2.58. The van der Waals surface area contributed by atoms with Crippen LogP contribution >= 0.6 is 6.64 Å². The number of aromatic amines is 1. The summed E-state index contributed by atoms with van der Waals surface area (Å²) in [6.45, 7) is 0.586. The molecule has 0 spiro atoms. The van der Waals surface area contributed by atoms with E-state index >= 15 is 4.39 Å². The van der Waals surface area contributed by atoms with Gasteiger partial charge in [0.2, 0.25) is 5.79 Å². The number of nitrogens with one attached hydrogen (secondary N) is 2. The standard InChI is InChI=1S/C22H29FN3O9PS/c1-13(2)33-20(29)14(3)25-36(37,35-15-8-6-5-7-9-15)32-12-22(31-4)18(23)17(28)19(34-22)26-11-10-16(27)24-21(26)30/h5-11,13-14,17-19,28H,12H2,1-4H3,(H,25,37)(H,24,27,30). The summed E-state index contributed by atoms with van der Waals surface area (Å²) < 4.78 is 44.0. The molecule has 12 nitrogen and oxygen atoms in total. The Kier molecular flexibility index (Phi) is 9.40. The number of benzene rings is 1. The van der Waals surface area contributed by atoms with Gasteiger partial charge in [0.05, 0.1) is 6.10 Å². The Balaban J connectivity index is 1.86. The molecule has 3 N–H and O–H groups in total. The molecule has 37 heavy (non-hydrogen) atoms. The molecule has 1 fully saturated rings. The fourth-order valence-corrected chi connectivity index (χ4v) is 5.83. The minimum absolute atomic E-state index is 0.316. The third-order valence-corrected chi connectivity index (χ3v) is 7.74. The van der Waals surface area contributed by atoms with Crippen molar-refractivity contribution in [3.63, 3.8) is 0 Å². The Morgan fingerprint density at radius 2 is 1.97 bits per heavy atom. The molecule has 6 atom stereocenters. The number of H-pyrrole nitrogens is 1. The number of aliphatic hydroxyl groups is 1. The van der Waals surface area contributed by atoms with Gasteiger partial charge in [0.15, 0.2) is 12.4 Å². The number of hydrogen-bond donors (Lipinski definition) is 3. The Morgan fingerprint density at radius 1 is 1.30 bits per heavy atom. The van der Waals surface area contributed by atoms with Crippen molar-refractivity contribution in [3.8, 4) is 5.75 Å². The van der Waals surface area contributed by atoms with E-state index in [9.17, 15) is 19.5 Å². The first-order valence-electron chi connectivity index (χ1n) is 11.2. The van der Waals surface area contributed by atoms with Crippen molar-refractivity contribution >= 4 is 24.4 Å². The molecule has 0 amide bonds. The largest absolute Gasteiger partial charge is 0.462 e. The number of para-hydroxylation sites is 1. The van der Waals surface area contributed by atoms with Crippen LogP contribution in [0, 0.1) is 0 Å². The average molecular weight is 562 g/mol. The highest BCUT2D eigenvalue weighted by Crippen LogP contribution is 2.48. The minimum atomic E-state index is -3.60. The summed E-state index contributed by atoms with van der Waals surface area (Å²) in [4.78, 5) is 38.0. The molecule has 1 aliphatic heterocycles. The van der Waals surface area contributed by atoms with Gasteiger partial charge in [0.25, 0.3) is 5.56 Å². The maximum atomic E-state index is 15.4. The highest BCUT2D eigenvalue weighted by atomic mass is 32.5. The lowest BCUT2D eigenvalue weighted by Crippen LogP contribution is -2.47. The van der Waals surface area contributed by atoms with Gasteiger partial charge in [0.1, 0.15) is 24.5 Å². The van der Waals surface area contributed by atoms with Gasteiger partial charge in [-0.25, -0.2) is 14.3 Å². The van der Waals surface area contributed by atoms with Crippen LogP contribution in [0.3, 0.4) is 0 Å². The third-order valence-electron chi connectivity index (χ3n) is 5.26. The maximum Gasteiger partial charge on any atom is 0.330 e. The van der Waals surface area contributed by atoms with Crippen LogP contribution in [-0.2, 0) is 35.3 Å². The first-order chi connectivity index (χ1) is 17.4. The van der Waals surface area contributed by atoms with Crippen molar-refractivity contribution in [2.45, 2.75) is 57.2 Å². The van der Waals surface area contributed by atoms with Crippen LogP contribution in [0.1, 0.15) is 27.0 Å². The zero-order chi connectivity index (χ0) is 27.4. The molecule has 2 aromatic rings. The topological polar surface area (TPSA) is 150 Å².